The van der Waals surface area contributed by atoms with Gasteiger partial charge in [0, 0.05) is 9.90 Å². The number of nitrogens with one attached hydrogen (secondary N) is 1. The van der Waals surface area contributed by atoms with Crippen LogP contribution in [-0.2, 0) is 14.8 Å². The molecule has 2 N–H and O–H groups in total. The molecule has 0 bridgehead atoms. The average Bonchev–Trinajstić information content (AvgIpc) is 2.92. The number of thiophene rings is 1. The number of hydrogen-bond donors (Lipinski definition) is 2. The van der Waals surface area contributed by atoms with Gasteiger partial charge in [0.05, 0.1) is 5.02 Å². The van der Waals surface area contributed by atoms with E-state index in [1.54, 1.807) is 11.4 Å². The van der Waals surface area contributed by atoms with Gasteiger partial charge in [-0.1, -0.05) is 29.3 Å². The Morgan fingerprint density at radius 1 is 1.29 bits per heavy atom. The van der Waals surface area contributed by atoms with Crippen LogP contribution in [-0.4, -0.2) is 19.5 Å². The molecule has 0 saturated heterocycles. The molecule has 112 valence electrons. The summed E-state index contributed by atoms with van der Waals surface area (Å²) in [5.41, 5.74) is 0. The minimum atomic E-state index is -4.12. The highest BCUT2D eigenvalue weighted by Crippen LogP contribution is 2.27. The monoisotopic (exact) mass is 365 g/mol. The van der Waals surface area contributed by atoms with Crippen LogP contribution < -0.4 is 4.72 Å². The number of carboxylic acid groups (broad SMARTS) is 1. The third-order valence-electron chi connectivity index (χ3n) is 2.53. The molecular weight excluding hydrogens is 357 g/mol. The van der Waals surface area contributed by atoms with Crippen LogP contribution in [0, 0.1) is 0 Å². The predicted molar refractivity (Wildman–Crippen MR) is 81.5 cm³/mol. The maximum Gasteiger partial charge on any atom is 0.327 e. The number of carboxylic acids is 1. The fourth-order valence-electron chi connectivity index (χ4n) is 1.59. The second kappa shape index (κ2) is 6.33. The smallest absolute Gasteiger partial charge is 0.327 e. The van der Waals surface area contributed by atoms with E-state index in [1.165, 1.54) is 24.3 Å². The van der Waals surface area contributed by atoms with E-state index in [1.807, 2.05) is 0 Å². The Morgan fingerprint density at radius 3 is 2.57 bits per heavy atom. The van der Waals surface area contributed by atoms with Crippen LogP contribution in [0.5, 0.6) is 0 Å². The van der Waals surface area contributed by atoms with Gasteiger partial charge in [0.25, 0.3) is 0 Å². The van der Waals surface area contributed by atoms with Gasteiger partial charge in [0.15, 0.2) is 6.04 Å². The fraction of sp³-hybridized carbons (Fsp3) is 0.0833. The first kappa shape index (κ1) is 16.3. The van der Waals surface area contributed by atoms with Crippen molar-refractivity contribution < 1.29 is 18.3 Å². The van der Waals surface area contributed by atoms with Crippen molar-refractivity contribution in [3.05, 3.63) is 50.6 Å². The Labute approximate surface area is 135 Å². The van der Waals surface area contributed by atoms with Crippen LogP contribution in [0.25, 0.3) is 0 Å². The molecule has 2 aromatic rings. The molecule has 0 amide bonds. The van der Waals surface area contributed by atoms with Gasteiger partial charge in [0.2, 0.25) is 10.0 Å². The zero-order chi connectivity index (χ0) is 15.6. The number of aliphatic carboxylic acids is 1. The van der Waals surface area contributed by atoms with Crippen LogP contribution >= 0.6 is 34.5 Å². The number of benzene rings is 1. The molecular formula is C12H9Cl2NO4S2. The first-order valence-electron chi connectivity index (χ1n) is 5.55. The Balaban J connectivity index is 2.40. The van der Waals surface area contributed by atoms with E-state index in [9.17, 15) is 18.3 Å². The molecule has 0 saturated carbocycles. The standard InChI is InChI=1S/C12H9Cl2NO4S2/c13-7-3-4-8(14)10(6-7)21(18,19)15-11(12(16)17)9-2-1-5-20-9/h1-6,11,15H,(H,16,17). The summed E-state index contributed by atoms with van der Waals surface area (Å²) >= 11 is 12.7. The van der Waals surface area contributed by atoms with Gasteiger partial charge in [-0.3, -0.25) is 4.79 Å². The molecule has 0 spiro atoms. The van der Waals surface area contributed by atoms with Crippen molar-refractivity contribution >= 4 is 50.5 Å². The maximum atomic E-state index is 12.3. The zero-order valence-corrected chi connectivity index (χ0v) is 13.4. The largest absolute Gasteiger partial charge is 0.480 e. The molecule has 5 nitrogen and oxygen atoms in total. The Bertz CT molecular complexity index is 760. The van der Waals surface area contributed by atoms with E-state index < -0.39 is 22.0 Å². The molecule has 2 rings (SSSR count). The zero-order valence-electron chi connectivity index (χ0n) is 10.3. The van der Waals surface area contributed by atoms with Gasteiger partial charge in [-0.05, 0) is 29.6 Å². The number of sulfonamides is 1. The van der Waals surface area contributed by atoms with Crippen LogP contribution in [0.1, 0.15) is 10.9 Å². The lowest BCUT2D eigenvalue weighted by Crippen LogP contribution is -2.33. The molecule has 1 unspecified atom stereocenters. The topological polar surface area (TPSA) is 83.5 Å². The highest BCUT2D eigenvalue weighted by atomic mass is 35.5. The first-order chi connectivity index (χ1) is 9.81. The lowest BCUT2D eigenvalue weighted by atomic mass is 10.3. The third-order valence-corrected chi connectivity index (χ3v) is 5.61. The average molecular weight is 366 g/mol. The molecule has 9 heteroatoms. The van der Waals surface area contributed by atoms with Gasteiger partial charge in [-0.15, -0.1) is 11.3 Å². The molecule has 21 heavy (non-hydrogen) atoms. The van der Waals surface area contributed by atoms with Crippen LogP contribution in [0.4, 0.5) is 0 Å². The number of carbonyl (C=O) groups is 1. The van der Waals surface area contributed by atoms with Crippen molar-refractivity contribution in [2.45, 2.75) is 10.9 Å². The Kier molecular flexibility index (Phi) is 4.90. The number of rotatable bonds is 5. The van der Waals surface area contributed by atoms with Crippen molar-refractivity contribution in [2.75, 3.05) is 0 Å². The lowest BCUT2D eigenvalue weighted by molar-refractivity contribution is -0.139. The van der Waals surface area contributed by atoms with Crippen LogP contribution in [0.15, 0.2) is 40.6 Å². The van der Waals surface area contributed by atoms with E-state index in [-0.39, 0.29) is 14.9 Å². The lowest BCUT2D eigenvalue weighted by Gasteiger charge is -2.14. The molecule has 0 radical (unpaired) electrons. The summed E-state index contributed by atoms with van der Waals surface area (Å²) in [6.07, 6.45) is 0. The van der Waals surface area contributed by atoms with Crippen molar-refractivity contribution in [1.29, 1.82) is 0 Å². The number of halogens is 2. The molecule has 0 aliphatic rings. The third kappa shape index (κ3) is 3.75. The van der Waals surface area contributed by atoms with Gasteiger partial charge >= 0.3 is 5.97 Å². The highest BCUT2D eigenvalue weighted by molar-refractivity contribution is 7.89. The summed E-state index contributed by atoms with van der Waals surface area (Å²) < 4.78 is 26.7. The fourth-order valence-corrected chi connectivity index (χ4v) is 4.36. The maximum absolute atomic E-state index is 12.3. The van der Waals surface area contributed by atoms with E-state index in [0.29, 0.717) is 4.88 Å². The summed E-state index contributed by atoms with van der Waals surface area (Å²) in [6.45, 7) is 0. The minimum absolute atomic E-state index is 0.0396. The van der Waals surface area contributed by atoms with Gasteiger partial charge in [-0.2, -0.15) is 4.72 Å². The molecule has 0 fully saturated rings. The normalized spacial score (nSPS) is 13.0. The summed E-state index contributed by atoms with van der Waals surface area (Å²) in [7, 11) is -4.12. The van der Waals surface area contributed by atoms with Crippen LogP contribution in [0.2, 0.25) is 10.0 Å². The second-order valence-electron chi connectivity index (χ2n) is 3.98. The SMILES string of the molecule is O=C(O)C(NS(=O)(=O)c1cc(Cl)ccc1Cl)c1cccs1. The van der Waals surface area contributed by atoms with Gasteiger partial charge < -0.3 is 5.11 Å². The van der Waals surface area contributed by atoms with Crippen molar-refractivity contribution in [2.24, 2.45) is 0 Å². The van der Waals surface area contributed by atoms with Crippen LogP contribution in [0.3, 0.4) is 0 Å². The molecule has 1 aromatic heterocycles. The summed E-state index contributed by atoms with van der Waals surface area (Å²) in [5.74, 6) is -1.31. The van der Waals surface area contributed by atoms with Crippen molar-refractivity contribution in [1.82, 2.24) is 4.72 Å². The van der Waals surface area contributed by atoms with Crippen molar-refractivity contribution in [3.8, 4) is 0 Å². The quantitative estimate of drug-likeness (QED) is 0.852. The molecule has 0 aliphatic carbocycles. The Hall–Kier alpha value is -1.12. The molecule has 1 atom stereocenters. The first-order valence-corrected chi connectivity index (χ1v) is 8.67. The van der Waals surface area contributed by atoms with E-state index in [2.05, 4.69) is 4.72 Å². The van der Waals surface area contributed by atoms with E-state index in [0.717, 1.165) is 11.3 Å². The molecule has 0 aliphatic heterocycles. The summed E-state index contributed by atoms with van der Waals surface area (Å²) in [5, 5.41) is 11.0. The summed E-state index contributed by atoms with van der Waals surface area (Å²) in [6, 6.07) is 5.72. The van der Waals surface area contributed by atoms with Gasteiger partial charge in [0.1, 0.15) is 4.90 Å². The van der Waals surface area contributed by atoms with E-state index in [4.69, 9.17) is 23.2 Å². The second-order valence-corrected chi connectivity index (χ2v) is 7.49. The van der Waals surface area contributed by atoms with Crippen molar-refractivity contribution in [3.63, 3.8) is 0 Å². The number of hydrogen-bond acceptors (Lipinski definition) is 4. The molecule has 1 heterocycles. The van der Waals surface area contributed by atoms with Gasteiger partial charge in [-0.25, -0.2) is 8.42 Å². The predicted octanol–water partition coefficient (Wildman–Crippen LogP) is 3.16. The Morgan fingerprint density at radius 2 is 2.00 bits per heavy atom. The minimum Gasteiger partial charge on any atom is -0.480 e. The summed E-state index contributed by atoms with van der Waals surface area (Å²) in [4.78, 5) is 11.4. The highest BCUT2D eigenvalue weighted by Gasteiger charge is 2.29. The van der Waals surface area contributed by atoms with E-state index >= 15 is 0 Å². The molecule has 1 aromatic carbocycles.